The zero-order valence-corrected chi connectivity index (χ0v) is 8.26. The first-order chi connectivity index (χ1) is 7.41. The van der Waals surface area contributed by atoms with Crippen molar-refractivity contribution in [2.24, 2.45) is 5.92 Å². The highest BCUT2D eigenvalue weighted by atomic mass is 19.4. The third-order valence-electron chi connectivity index (χ3n) is 2.72. The molecule has 1 unspecified atom stereocenters. The van der Waals surface area contributed by atoms with Gasteiger partial charge in [0, 0.05) is 5.56 Å². The van der Waals surface area contributed by atoms with Crippen LogP contribution in [0, 0.1) is 11.7 Å². The van der Waals surface area contributed by atoms with Gasteiger partial charge in [-0.1, -0.05) is 6.07 Å². The smallest absolute Gasteiger partial charge is 0.388 e. The number of halogens is 4. The molecule has 0 radical (unpaired) electrons. The number of rotatable bonds is 2. The Labute approximate surface area is 89.7 Å². The maximum Gasteiger partial charge on any atom is 0.416 e. The van der Waals surface area contributed by atoms with E-state index in [2.05, 4.69) is 0 Å². The van der Waals surface area contributed by atoms with Crippen LogP contribution in [0.5, 0.6) is 0 Å². The Morgan fingerprint density at radius 1 is 1.25 bits per heavy atom. The fraction of sp³-hybridized carbons (Fsp3) is 0.455. The van der Waals surface area contributed by atoms with Crippen molar-refractivity contribution >= 4 is 0 Å². The van der Waals surface area contributed by atoms with Gasteiger partial charge in [-0.2, -0.15) is 13.2 Å². The normalized spacial score (nSPS) is 18.6. The Morgan fingerprint density at radius 2 is 1.88 bits per heavy atom. The fourth-order valence-corrected chi connectivity index (χ4v) is 1.73. The van der Waals surface area contributed by atoms with E-state index in [0.717, 1.165) is 18.2 Å². The summed E-state index contributed by atoms with van der Waals surface area (Å²) in [4.78, 5) is 0. The Bertz CT molecular complexity index is 395. The lowest BCUT2D eigenvalue weighted by molar-refractivity contribution is -0.139. The lowest BCUT2D eigenvalue weighted by atomic mass is 9.98. The average molecular weight is 234 g/mol. The van der Waals surface area contributed by atoms with Crippen LogP contribution in [-0.4, -0.2) is 5.11 Å². The van der Waals surface area contributed by atoms with Crippen LogP contribution in [0.15, 0.2) is 18.2 Å². The van der Waals surface area contributed by atoms with Gasteiger partial charge in [0.1, 0.15) is 5.82 Å². The van der Waals surface area contributed by atoms with Crippen molar-refractivity contribution in [1.29, 1.82) is 0 Å². The summed E-state index contributed by atoms with van der Waals surface area (Å²) in [5.41, 5.74) is -1.69. The van der Waals surface area contributed by atoms with Gasteiger partial charge in [0.15, 0.2) is 0 Å². The maximum absolute atomic E-state index is 13.4. The first-order valence-corrected chi connectivity index (χ1v) is 4.95. The van der Waals surface area contributed by atoms with Crippen molar-refractivity contribution in [1.82, 2.24) is 0 Å². The summed E-state index contributed by atoms with van der Waals surface area (Å²) in [5.74, 6) is -1.23. The highest BCUT2D eigenvalue weighted by Gasteiger charge is 2.40. The van der Waals surface area contributed by atoms with Crippen molar-refractivity contribution in [3.05, 3.63) is 35.1 Å². The summed E-state index contributed by atoms with van der Waals surface area (Å²) in [7, 11) is 0. The minimum Gasteiger partial charge on any atom is -0.388 e. The molecule has 1 atom stereocenters. The molecule has 5 heteroatoms. The van der Waals surface area contributed by atoms with Gasteiger partial charge >= 0.3 is 6.18 Å². The Morgan fingerprint density at radius 3 is 2.38 bits per heavy atom. The second-order valence-corrected chi connectivity index (χ2v) is 3.98. The molecule has 0 aliphatic heterocycles. The molecular weight excluding hydrogens is 224 g/mol. The monoisotopic (exact) mass is 234 g/mol. The molecule has 1 aliphatic carbocycles. The average Bonchev–Trinajstić information content (AvgIpc) is 2.98. The van der Waals surface area contributed by atoms with Crippen LogP contribution < -0.4 is 0 Å². The number of aliphatic hydroxyl groups excluding tert-OH is 1. The highest BCUT2D eigenvalue weighted by molar-refractivity contribution is 5.33. The molecule has 0 aromatic heterocycles. The summed E-state index contributed by atoms with van der Waals surface area (Å²) >= 11 is 0. The number of benzene rings is 1. The van der Waals surface area contributed by atoms with E-state index in [4.69, 9.17) is 0 Å². The minimum atomic E-state index is -4.63. The lowest BCUT2D eigenvalue weighted by Crippen LogP contribution is -2.14. The van der Waals surface area contributed by atoms with E-state index >= 15 is 0 Å². The van der Waals surface area contributed by atoms with Gasteiger partial charge < -0.3 is 5.11 Å². The molecule has 1 N–H and O–H groups in total. The molecule has 16 heavy (non-hydrogen) atoms. The predicted octanol–water partition coefficient (Wildman–Crippen LogP) is 3.29. The van der Waals surface area contributed by atoms with E-state index in [1.54, 1.807) is 0 Å². The predicted molar refractivity (Wildman–Crippen MR) is 49.1 cm³/mol. The van der Waals surface area contributed by atoms with Gasteiger partial charge in [0.25, 0.3) is 0 Å². The number of alkyl halides is 3. The van der Waals surface area contributed by atoms with Gasteiger partial charge in [-0.25, -0.2) is 4.39 Å². The topological polar surface area (TPSA) is 20.2 Å². The maximum atomic E-state index is 13.4. The standard InChI is InChI=1S/C11H10F4O/c12-8-3-1-2-7(11(13,14)15)9(8)10(16)6-4-5-6/h1-3,6,10,16H,4-5H2. The SMILES string of the molecule is OC(c1c(F)cccc1C(F)(F)F)C1CC1. The van der Waals surface area contributed by atoms with Crippen LogP contribution in [0.3, 0.4) is 0 Å². The zero-order chi connectivity index (χ0) is 11.9. The first kappa shape index (κ1) is 11.4. The number of aliphatic hydroxyl groups is 1. The molecule has 2 rings (SSSR count). The second-order valence-electron chi connectivity index (χ2n) is 3.98. The first-order valence-electron chi connectivity index (χ1n) is 4.95. The van der Waals surface area contributed by atoms with E-state index in [9.17, 15) is 22.7 Å². The third-order valence-corrected chi connectivity index (χ3v) is 2.72. The molecule has 1 fully saturated rings. The summed E-state index contributed by atoms with van der Waals surface area (Å²) in [6.45, 7) is 0. The van der Waals surface area contributed by atoms with Crippen molar-refractivity contribution in [3.8, 4) is 0 Å². The van der Waals surface area contributed by atoms with Crippen LogP contribution >= 0.6 is 0 Å². The van der Waals surface area contributed by atoms with Crippen LogP contribution in [-0.2, 0) is 6.18 Å². The van der Waals surface area contributed by atoms with Gasteiger partial charge in [0.05, 0.1) is 11.7 Å². The molecule has 0 amide bonds. The highest BCUT2D eigenvalue weighted by Crippen LogP contribution is 2.45. The summed E-state index contributed by atoms with van der Waals surface area (Å²) in [6.07, 6.45) is -4.69. The van der Waals surface area contributed by atoms with E-state index in [1.165, 1.54) is 0 Å². The van der Waals surface area contributed by atoms with E-state index in [0.29, 0.717) is 12.8 Å². The molecule has 0 saturated heterocycles. The van der Waals surface area contributed by atoms with Crippen molar-refractivity contribution < 1.29 is 22.7 Å². The van der Waals surface area contributed by atoms with Crippen LogP contribution in [0.4, 0.5) is 17.6 Å². The molecule has 1 aromatic rings. The lowest BCUT2D eigenvalue weighted by Gasteiger charge is -2.17. The van der Waals surface area contributed by atoms with Crippen LogP contribution in [0.2, 0.25) is 0 Å². The third kappa shape index (κ3) is 2.04. The quantitative estimate of drug-likeness (QED) is 0.778. The molecule has 0 heterocycles. The number of hydrogen-bond donors (Lipinski definition) is 1. The zero-order valence-electron chi connectivity index (χ0n) is 8.26. The van der Waals surface area contributed by atoms with Crippen molar-refractivity contribution in [2.75, 3.05) is 0 Å². The van der Waals surface area contributed by atoms with Crippen LogP contribution in [0.1, 0.15) is 30.1 Å². The van der Waals surface area contributed by atoms with E-state index in [-0.39, 0.29) is 5.92 Å². The van der Waals surface area contributed by atoms with E-state index in [1.807, 2.05) is 0 Å². The number of hydrogen-bond acceptors (Lipinski definition) is 1. The summed E-state index contributed by atoms with van der Waals surface area (Å²) in [5, 5.41) is 9.65. The molecule has 88 valence electrons. The summed E-state index contributed by atoms with van der Waals surface area (Å²) < 4.78 is 51.1. The molecule has 0 bridgehead atoms. The van der Waals surface area contributed by atoms with Gasteiger partial charge in [0.2, 0.25) is 0 Å². The van der Waals surface area contributed by atoms with Gasteiger partial charge in [-0.05, 0) is 30.9 Å². The van der Waals surface area contributed by atoms with Gasteiger partial charge in [-0.15, -0.1) is 0 Å². The molecule has 1 nitrogen and oxygen atoms in total. The van der Waals surface area contributed by atoms with E-state index < -0.39 is 29.2 Å². The molecule has 1 aromatic carbocycles. The fourth-order valence-electron chi connectivity index (χ4n) is 1.73. The largest absolute Gasteiger partial charge is 0.416 e. The Balaban J connectivity index is 2.48. The Hall–Kier alpha value is -1.10. The van der Waals surface area contributed by atoms with Crippen LogP contribution in [0.25, 0.3) is 0 Å². The Kier molecular flexibility index (Phi) is 2.66. The van der Waals surface area contributed by atoms with Crippen molar-refractivity contribution in [2.45, 2.75) is 25.1 Å². The molecule has 1 saturated carbocycles. The molecular formula is C11H10F4O. The second kappa shape index (κ2) is 3.73. The molecule has 1 aliphatic rings. The summed E-state index contributed by atoms with van der Waals surface area (Å²) in [6, 6.07) is 2.74. The minimum absolute atomic E-state index is 0.238. The molecule has 0 spiro atoms. The van der Waals surface area contributed by atoms with Crippen molar-refractivity contribution in [3.63, 3.8) is 0 Å². The van der Waals surface area contributed by atoms with Gasteiger partial charge in [-0.3, -0.25) is 0 Å².